The normalized spacial score (nSPS) is 13.2. The second-order valence-corrected chi connectivity index (χ2v) is 5.21. The third-order valence-electron chi connectivity index (χ3n) is 3.66. The molecule has 0 aliphatic carbocycles. The summed E-state index contributed by atoms with van der Waals surface area (Å²) >= 11 is 0. The number of nitrogens with zero attached hydrogens (tertiary/aromatic N) is 3. The van der Waals surface area contributed by atoms with Crippen molar-refractivity contribution in [1.29, 1.82) is 0 Å². The summed E-state index contributed by atoms with van der Waals surface area (Å²) in [6.45, 7) is 3.56. The first kappa shape index (κ1) is 15.8. The van der Waals surface area contributed by atoms with E-state index >= 15 is 0 Å². The molecule has 116 valence electrons. The summed E-state index contributed by atoms with van der Waals surface area (Å²) in [6, 6.07) is 9.48. The van der Waals surface area contributed by atoms with Crippen LogP contribution < -0.4 is 11.2 Å². The van der Waals surface area contributed by atoms with E-state index in [1.54, 1.807) is 6.92 Å². The van der Waals surface area contributed by atoms with E-state index in [-0.39, 0.29) is 17.5 Å². The molecule has 0 spiro atoms. The molecule has 6 heteroatoms. The number of aliphatic imine (C=N–C) groups is 1. The topological polar surface area (TPSA) is 76.6 Å². The molecule has 0 bridgehead atoms. The number of hydrogen-bond donors (Lipinski definition) is 1. The molecule has 1 N–H and O–H groups in total. The molecule has 1 aromatic carbocycles. The fraction of sp³-hybridized carbons (Fsp3) is 0.312. The van der Waals surface area contributed by atoms with Gasteiger partial charge in [0.1, 0.15) is 5.56 Å². The zero-order valence-electron chi connectivity index (χ0n) is 13.1. The first-order chi connectivity index (χ1) is 10.3. The van der Waals surface area contributed by atoms with Crippen molar-refractivity contribution in [1.82, 2.24) is 9.13 Å². The van der Waals surface area contributed by atoms with Crippen LogP contribution in [0.5, 0.6) is 5.88 Å². The van der Waals surface area contributed by atoms with Crippen LogP contribution in [0.25, 0.3) is 0 Å². The van der Waals surface area contributed by atoms with Gasteiger partial charge in [0.15, 0.2) is 0 Å². The van der Waals surface area contributed by atoms with Gasteiger partial charge in [0.05, 0.1) is 11.8 Å². The summed E-state index contributed by atoms with van der Waals surface area (Å²) in [5.74, 6) is -0.366. The molecule has 22 heavy (non-hydrogen) atoms. The second kappa shape index (κ2) is 6.01. The van der Waals surface area contributed by atoms with Crippen LogP contribution in [0, 0.1) is 0 Å². The Labute approximate surface area is 128 Å². The lowest BCUT2D eigenvalue weighted by Gasteiger charge is -2.12. The average Bonchev–Trinajstić information content (AvgIpc) is 2.52. The molecule has 0 amide bonds. The van der Waals surface area contributed by atoms with Crippen LogP contribution in [0.4, 0.5) is 0 Å². The molecular formula is C16H19N3O3. The predicted octanol–water partition coefficient (Wildman–Crippen LogP) is 1.36. The summed E-state index contributed by atoms with van der Waals surface area (Å²) < 4.78 is 1.99. The minimum atomic E-state index is -0.574. The Morgan fingerprint density at radius 3 is 2.32 bits per heavy atom. The molecule has 0 saturated heterocycles. The Kier molecular flexibility index (Phi) is 4.30. The predicted molar refractivity (Wildman–Crippen MR) is 85.7 cm³/mol. The SMILES string of the molecule is CC(=NC(C)c1ccccc1)c1c(O)n(C)c(=O)n(C)c1=O. The van der Waals surface area contributed by atoms with E-state index in [9.17, 15) is 14.7 Å². The van der Waals surface area contributed by atoms with E-state index in [0.29, 0.717) is 5.71 Å². The lowest BCUT2D eigenvalue weighted by atomic mass is 10.1. The molecule has 0 radical (unpaired) electrons. The maximum absolute atomic E-state index is 12.2. The third-order valence-corrected chi connectivity index (χ3v) is 3.66. The summed E-state index contributed by atoms with van der Waals surface area (Å²) in [5.41, 5.74) is 0.317. The van der Waals surface area contributed by atoms with Crippen LogP contribution in [0.1, 0.15) is 31.0 Å². The number of aromatic nitrogens is 2. The highest BCUT2D eigenvalue weighted by molar-refractivity contribution is 6.00. The number of rotatable bonds is 3. The van der Waals surface area contributed by atoms with Crippen LogP contribution in [0.2, 0.25) is 0 Å². The standard InChI is InChI=1S/C16H19N3O3/c1-10(12-8-6-5-7-9-12)17-11(2)13-14(20)18(3)16(22)19(4)15(13)21/h5-10,20H,1-4H3. The van der Waals surface area contributed by atoms with E-state index in [0.717, 1.165) is 14.7 Å². The fourth-order valence-corrected chi connectivity index (χ4v) is 2.31. The van der Waals surface area contributed by atoms with Gasteiger partial charge in [0, 0.05) is 14.1 Å². The second-order valence-electron chi connectivity index (χ2n) is 5.21. The van der Waals surface area contributed by atoms with Gasteiger partial charge in [-0.25, -0.2) is 4.79 Å². The monoisotopic (exact) mass is 301 g/mol. The van der Waals surface area contributed by atoms with Crippen LogP contribution >= 0.6 is 0 Å². The largest absolute Gasteiger partial charge is 0.494 e. The molecule has 0 aliphatic rings. The number of benzene rings is 1. The van der Waals surface area contributed by atoms with Crippen LogP contribution in [0.15, 0.2) is 44.9 Å². The summed E-state index contributed by atoms with van der Waals surface area (Å²) in [4.78, 5) is 28.5. The highest BCUT2D eigenvalue weighted by Crippen LogP contribution is 2.18. The molecule has 0 aliphatic heterocycles. The lowest BCUT2D eigenvalue weighted by molar-refractivity contribution is 0.410. The molecule has 0 fully saturated rings. The highest BCUT2D eigenvalue weighted by atomic mass is 16.3. The zero-order chi connectivity index (χ0) is 16.4. The van der Waals surface area contributed by atoms with Crippen molar-refractivity contribution in [2.24, 2.45) is 19.1 Å². The number of aromatic hydroxyl groups is 1. The first-order valence-electron chi connectivity index (χ1n) is 6.93. The van der Waals surface area contributed by atoms with Crippen molar-refractivity contribution in [2.45, 2.75) is 19.9 Å². The minimum absolute atomic E-state index is 0.0485. The average molecular weight is 301 g/mol. The van der Waals surface area contributed by atoms with Crippen LogP contribution in [-0.2, 0) is 14.1 Å². The Morgan fingerprint density at radius 1 is 1.14 bits per heavy atom. The molecule has 1 aromatic heterocycles. The van der Waals surface area contributed by atoms with E-state index in [4.69, 9.17) is 0 Å². The summed E-state index contributed by atoms with van der Waals surface area (Å²) in [7, 11) is 2.79. The quantitative estimate of drug-likeness (QED) is 0.870. The van der Waals surface area contributed by atoms with Crippen molar-refractivity contribution < 1.29 is 5.11 Å². The van der Waals surface area contributed by atoms with Crippen molar-refractivity contribution in [2.75, 3.05) is 0 Å². The molecule has 2 aromatic rings. The van der Waals surface area contributed by atoms with E-state index in [1.165, 1.54) is 14.1 Å². The summed E-state index contributed by atoms with van der Waals surface area (Å²) in [6.07, 6.45) is 0. The Morgan fingerprint density at radius 2 is 1.73 bits per heavy atom. The summed E-state index contributed by atoms with van der Waals surface area (Å²) in [5, 5.41) is 10.1. The molecule has 1 unspecified atom stereocenters. The molecule has 1 atom stereocenters. The van der Waals surface area contributed by atoms with E-state index in [2.05, 4.69) is 4.99 Å². The maximum Gasteiger partial charge on any atom is 0.333 e. The van der Waals surface area contributed by atoms with Crippen molar-refractivity contribution in [3.63, 3.8) is 0 Å². The molecule has 2 rings (SSSR count). The highest BCUT2D eigenvalue weighted by Gasteiger charge is 2.18. The Hall–Kier alpha value is -2.63. The van der Waals surface area contributed by atoms with E-state index < -0.39 is 11.2 Å². The van der Waals surface area contributed by atoms with Gasteiger partial charge < -0.3 is 5.11 Å². The van der Waals surface area contributed by atoms with Gasteiger partial charge in [-0.2, -0.15) is 0 Å². The smallest absolute Gasteiger partial charge is 0.333 e. The van der Waals surface area contributed by atoms with Gasteiger partial charge in [-0.15, -0.1) is 0 Å². The van der Waals surface area contributed by atoms with Crippen LogP contribution in [0.3, 0.4) is 0 Å². The molecule has 6 nitrogen and oxygen atoms in total. The molecule has 0 saturated carbocycles. The fourth-order valence-electron chi connectivity index (χ4n) is 2.31. The van der Waals surface area contributed by atoms with Gasteiger partial charge in [-0.05, 0) is 19.4 Å². The van der Waals surface area contributed by atoms with Gasteiger partial charge in [-0.3, -0.25) is 18.9 Å². The molecule has 1 heterocycles. The maximum atomic E-state index is 12.2. The van der Waals surface area contributed by atoms with Gasteiger partial charge in [0.25, 0.3) is 5.56 Å². The third kappa shape index (κ3) is 2.72. The van der Waals surface area contributed by atoms with E-state index in [1.807, 2.05) is 37.3 Å². The minimum Gasteiger partial charge on any atom is -0.494 e. The van der Waals surface area contributed by atoms with Crippen molar-refractivity contribution in [3.8, 4) is 5.88 Å². The van der Waals surface area contributed by atoms with Gasteiger partial charge in [0.2, 0.25) is 5.88 Å². The van der Waals surface area contributed by atoms with Crippen LogP contribution in [-0.4, -0.2) is 20.0 Å². The molecular weight excluding hydrogens is 282 g/mol. The number of hydrogen-bond acceptors (Lipinski definition) is 4. The van der Waals surface area contributed by atoms with Crippen molar-refractivity contribution >= 4 is 5.71 Å². The van der Waals surface area contributed by atoms with Gasteiger partial charge >= 0.3 is 5.69 Å². The Balaban J connectivity index is 2.55. The Bertz CT molecular complexity index is 832. The first-order valence-corrected chi connectivity index (χ1v) is 6.93. The van der Waals surface area contributed by atoms with Crippen molar-refractivity contribution in [3.05, 3.63) is 62.3 Å². The zero-order valence-corrected chi connectivity index (χ0v) is 13.1. The van der Waals surface area contributed by atoms with Gasteiger partial charge in [-0.1, -0.05) is 30.3 Å². The lowest BCUT2D eigenvalue weighted by Crippen LogP contribution is -2.39.